The van der Waals surface area contributed by atoms with Crippen molar-refractivity contribution in [3.63, 3.8) is 0 Å². The maximum atomic E-state index is 12.5. The first-order valence-corrected chi connectivity index (χ1v) is 9.49. The number of anilines is 1. The van der Waals surface area contributed by atoms with Crippen molar-refractivity contribution in [3.8, 4) is 34.2 Å². The van der Waals surface area contributed by atoms with Crippen LogP contribution in [0.25, 0.3) is 22.7 Å². The van der Waals surface area contributed by atoms with Gasteiger partial charge >= 0.3 is 0 Å². The fourth-order valence-electron chi connectivity index (χ4n) is 2.91. The Hall–Kier alpha value is -3.85. The van der Waals surface area contributed by atoms with Crippen LogP contribution in [0.15, 0.2) is 63.3 Å². The van der Waals surface area contributed by atoms with Crippen LogP contribution >= 0.6 is 11.3 Å². The first-order valence-electron chi connectivity index (χ1n) is 8.61. The zero-order valence-corrected chi connectivity index (χ0v) is 15.6. The van der Waals surface area contributed by atoms with E-state index < -0.39 is 11.5 Å². The number of hydrogen-bond acceptors (Lipinski definition) is 7. The zero-order valence-electron chi connectivity index (χ0n) is 14.8. The number of pyridine rings is 1. The summed E-state index contributed by atoms with van der Waals surface area (Å²) in [4.78, 5) is 31.9. The fourth-order valence-corrected chi connectivity index (χ4v) is 3.63. The number of rotatable bonds is 4. The van der Waals surface area contributed by atoms with E-state index in [9.17, 15) is 9.59 Å². The van der Waals surface area contributed by atoms with Gasteiger partial charge in [0.2, 0.25) is 6.79 Å². The number of benzene rings is 1. The Bertz CT molecular complexity index is 1260. The van der Waals surface area contributed by atoms with E-state index in [1.807, 2.05) is 23.6 Å². The Morgan fingerprint density at radius 3 is 2.86 bits per heavy atom. The number of carbonyl (C=O) groups is 1. The first kappa shape index (κ1) is 17.3. The van der Waals surface area contributed by atoms with Crippen LogP contribution in [0.1, 0.15) is 10.4 Å². The third kappa shape index (κ3) is 3.27. The lowest BCUT2D eigenvalue weighted by Crippen LogP contribution is -2.23. The quantitative estimate of drug-likeness (QED) is 0.534. The van der Waals surface area contributed by atoms with Gasteiger partial charge in [-0.3, -0.25) is 14.9 Å². The highest BCUT2D eigenvalue weighted by atomic mass is 32.1. The van der Waals surface area contributed by atoms with E-state index in [1.54, 1.807) is 18.2 Å². The van der Waals surface area contributed by atoms with Crippen molar-refractivity contribution in [1.29, 1.82) is 0 Å². The number of aromatic amines is 1. The lowest BCUT2D eigenvalue weighted by Gasteiger charge is -2.03. The highest BCUT2D eigenvalue weighted by Gasteiger charge is 2.17. The summed E-state index contributed by atoms with van der Waals surface area (Å²) in [6.07, 6.45) is 1.51. The molecule has 0 saturated carbocycles. The molecule has 1 aliphatic rings. The van der Waals surface area contributed by atoms with Gasteiger partial charge in [0.15, 0.2) is 16.6 Å². The summed E-state index contributed by atoms with van der Waals surface area (Å²) in [6.45, 7) is 0.199. The van der Waals surface area contributed by atoms with Crippen LogP contribution in [0.5, 0.6) is 11.5 Å². The summed E-state index contributed by atoms with van der Waals surface area (Å²) in [5.74, 6) is 1.32. The van der Waals surface area contributed by atoms with Crippen LogP contribution in [0.3, 0.4) is 0 Å². The molecule has 0 unspecified atom stereocenters. The molecule has 1 aromatic carbocycles. The van der Waals surface area contributed by atoms with E-state index >= 15 is 0 Å². The van der Waals surface area contributed by atoms with Gasteiger partial charge in [0, 0.05) is 10.9 Å². The summed E-state index contributed by atoms with van der Waals surface area (Å²) in [5, 5.41) is 4.87. The molecule has 1 aliphatic heterocycles. The van der Waals surface area contributed by atoms with Gasteiger partial charge in [-0.1, -0.05) is 0 Å². The van der Waals surface area contributed by atoms with E-state index in [0.29, 0.717) is 33.8 Å². The smallest absolute Gasteiger partial charge is 0.263 e. The van der Waals surface area contributed by atoms with Gasteiger partial charge < -0.3 is 18.9 Å². The Kier molecular flexibility index (Phi) is 4.14. The normalized spacial score (nSPS) is 12.1. The summed E-state index contributed by atoms with van der Waals surface area (Å²) in [5.41, 5.74) is 1.50. The number of ether oxygens (including phenoxy) is 2. The van der Waals surface area contributed by atoms with E-state index in [-0.39, 0.29) is 12.4 Å². The van der Waals surface area contributed by atoms with Crippen LogP contribution < -0.4 is 20.3 Å². The molecular weight excluding hydrogens is 394 g/mol. The van der Waals surface area contributed by atoms with Crippen molar-refractivity contribution in [2.75, 3.05) is 12.1 Å². The second kappa shape index (κ2) is 6.95. The molecule has 144 valence electrons. The first-order chi connectivity index (χ1) is 14.2. The summed E-state index contributed by atoms with van der Waals surface area (Å²) < 4.78 is 15.9. The molecule has 4 aromatic rings. The van der Waals surface area contributed by atoms with Crippen molar-refractivity contribution >= 4 is 22.4 Å². The van der Waals surface area contributed by atoms with Crippen LogP contribution in [0.2, 0.25) is 0 Å². The Labute approximate surface area is 167 Å². The monoisotopic (exact) mass is 407 g/mol. The van der Waals surface area contributed by atoms with E-state index in [0.717, 1.165) is 5.56 Å². The third-order valence-corrected chi connectivity index (χ3v) is 5.09. The molecule has 29 heavy (non-hydrogen) atoms. The molecule has 0 bridgehead atoms. The number of fused-ring (bicyclic) bond motifs is 1. The van der Waals surface area contributed by atoms with Crippen molar-refractivity contribution in [2.24, 2.45) is 0 Å². The van der Waals surface area contributed by atoms with E-state index in [2.05, 4.69) is 15.3 Å². The molecule has 0 spiro atoms. The SMILES string of the molecule is O=C(Nc1nc(-c2ccc3c(c2)OCO3)cs1)c1ccc(-c2ccco2)[nH]c1=O. The topological polar surface area (TPSA) is 106 Å². The van der Waals surface area contributed by atoms with Gasteiger partial charge in [-0.2, -0.15) is 0 Å². The number of hydrogen-bond donors (Lipinski definition) is 2. The molecule has 0 radical (unpaired) electrons. The van der Waals surface area contributed by atoms with Crippen molar-refractivity contribution in [1.82, 2.24) is 9.97 Å². The number of aromatic nitrogens is 2. The second-order valence-electron chi connectivity index (χ2n) is 6.15. The predicted molar refractivity (Wildman–Crippen MR) is 106 cm³/mol. The molecule has 0 saturated heterocycles. The number of nitrogens with zero attached hydrogens (tertiary/aromatic N) is 1. The molecule has 9 heteroatoms. The lowest BCUT2D eigenvalue weighted by molar-refractivity contribution is 0.102. The molecule has 2 N–H and O–H groups in total. The summed E-state index contributed by atoms with van der Waals surface area (Å²) in [7, 11) is 0. The number of furan rings is 1. The number of thiazole rings is 1. The van der Waals surface area contributed by atoms with Crippen LogP contribution in [0, 0.1) is 0 Å². The number of H-pyrrole nitrogens is 1. The maximum Gasteiger partial charge on any atom is 0.263 e. The molecule has 4 heterocycles. The van der Waals surface area contributed by atoms with Crippen molar-refractivity contribution in [2.45, 2.75) is 0 Å². The van der Waals surface area contributed by atoms with Gasteiger partial charge in [-0.05, 0) is 42.5 Å². The van der Waals surface area contributed by atoms with Crippen molar-refractivity contribution in [3.05, 3.63) is 70.0 Å². The number of amides is 1. The molecular formula is C20H13N3O5S. The van der Waals surface area contributed by atoms with E-state index in [1.165, 1.54) is 23.7 Å². The third-order valence-electron chi connectivity index (χ3n) is 4.33. The molecule has 1 amide bonds. The minimum atomic E-state index is -0.538. The molecule has 8 nitrogen and oxygen atoms in total. The second-order valence-corrected chi connectivity index (χ2v) is 7.01. The standard InChI is InChI=1S/C20H13N3O5S/c24-18-12(4-5-13(21-18)15-2-1-7-26-15)19(25)23-20-22-14(9-29-20)11-3-6-16-17(8-11)28-10-27-16/h1-9H,10H2,(H,21,24)(H,22,23,25). The molecule has 0 aliphatic carbocycles. The average Bonchev–Trinajstić information content (AvgIpc) is 3.48. The van der Waals surface area contributed by atoms with Gasteiger partial charge in [0.1, 0.15) is 11.3 Å². The molecule has 0 fully saturated rings. The maximum absolute atomic E-state index is 12.5. The minimum Gasteiger partial charge on any atom is -0.463 e. The Morgan fingerprint density at radius 2 is 2.03 bits per heavy atom. The minimum absolute atomic E-state index is 0.0138. The Morgan fingerprint density at radius 1 is 1.14 bits per heavy atom. The molecule has 3 aromatic heterocycles. The van der Waals surface area contributed by atoms with Crippen LogP contribution in [0.4, 0.5) is 5.13 Å². The van der Waals surface area contributed by atoms with Gasteiger partial charge in [0.25, 0.3) is 11.5 Å². The van der Waals surface area contributed by atoms with Gasteiger partial charge in [-0.25, -0.2) is 4.98 Å². The van der Waals surface area contributed by atoms with Crippen LogP contribution in [-0.2, 0) is 0 Å². The van der Waals surface area contributed by atoms with E-state index in [4.69, 9.17) is 13.9 Å². The largest absolute Gasteiger partial charge is 0.463 e. The Balaban J connectivity index is 1.35. The zero-order chi connectivity index (χ0) is 19.8. The van der Waals surface area contributed by atoms with Crippen molar-refractivity contribution < 1.29 is 18.7 Å². The molecule has 5 rings (SSSR count). The summed E-state index contributed by atoms with van der Waals surface area (Å²) in [6, 6.07) is 12.0. The molecule has 0 atom stereocenters. The van der Waals surface area contributed by atoms with Gasteiger partial charge in [-0.15, -0.1) is 11.3 Å². The van der Waals surface area contributed by atoms with Gasteiger partial charge in [0.05, 0.1) is 17.7 Å². The lowest BCUT2D eigenvalue weighted by atomic mass is 10.1. The summed E-state index contributed by atoms with van der Waals surface area (Å²) >= 11 is 1.27. The highest BCUT2D eigenvalue weighted by molar-refractivity contribution is 7.14. The fraction of sp³-hybridized carbons (Fsp3) is 0.0500. The average molecular weight is 407 g/mol. The van der Waals surface area contributed by atoms with Crippen LogP contribution in [-0.4, -0.2) is 22.7 Å². The number of carbonyl (C=O) groups excluding carboxylic acids is 1. The number of nitrogens with one attached hydrogen (secondary N) is 2. The predicted octanol–water partition coefficient (Wildman–Crippen LogP) is 3.74. The highest BCUT2D eigenvalue weighted by Crippen LogP contribution is 2.36.